The number of nitrogens with one attached hydrogen (secondary N) is 1. The van der Waals surface area contributed by atoms with Crippen LogP contribution in [0.15, 0.2) is 29.4 Å². The summed E-state index contributed by atoms with van der Waals surface area (Å²) in [5, 5.41) is 4.08. The van der Waals surface area contributed by atoms with Crippen LogP contribution in [0.5, 0.6) is 0 Å². The van der Waals surface area contributed by atoms with Crippen LogP contribution in [0, 0.1) is 0 Å². The molecule has 0 heterocycles. The van der Waals surface area contributed by atoms with Crippen molar-refractivity contribution < 1.29 is 13.2 Å². The SMILES string of the molecule is CC(C)c1ccc(N(CC(=O)NN=C2CCCC2)S(C)(=O)=O)cc1. The molecule has 1 saturated carbocycles. The minimum atomic E-state index is -3.56. The van der Waals surface area contributed by atoms with Crippen LogP contribution in [0.25, 0.3) is 0 Å². The van der Waals surface area contributed by atoms with E-state index in [-0.39, 0.29) is 6.54 Å². The first-order valence-corrected chi connectivity index (χ1v) is 10.0. The van der Waals surface area contributed by atoms with Crippen LogP contribution in [0.4, 0.5) is 5.69 Å². The molecular formula is C17H25N3O3S. The van der Waals surface area contributed by atoms with Gasteiger partial charge in [-0.1, -0.05) is 26.0 Å². The largest absolute Gasteiger partial charge is 0.271 e. The molecule has 24 heavy (non-hydrogen) atoms. The third kappa shape index (κ3) is 5.06. The van der Waals surface area contributed by atoms with Gasteiger partial charge >= 0.3 is 0 Å². The molecule has 0 aromatic heterocycles. The third-order valence-electron chi connectivity index (χ3n) is 4.05. The summed E-state index contributed by atoms with van der Waals surface area (Å²) < 4.78 is 25.2. The highest BCUT2D eigenvalue weighted by Crippen LogP contribution is 2.21. The molecule has 6 nitrogen and oxygen atoms in total. The Labute approximate surface area is 144 Å². The molecule has 1 N–H and O–H groups in total. The van der Waals surface area contributed by atoms with Gasteiger partial charge in [0.25, 0.3) is 5.91 Å². The zero-order valence-corrected chi connectivity index (χ0v) is 15.3. The summed E-state index contributed by atoms with van der Waals surface area (Å²) in [4.78, 5) is 12.1. The average Bonchev–Trinajstić information content (AvgIpc) is 3.03. The van der Waals surface area contributed by atoms with E-state index >= 15 is 0 Å². The zero-order valence-electron chi connectivity index (χ0n) is 14.4. The topological polar surface area (TPSA) is 78.8 Å². The Bertz CT molecular complexity index is 701. The predicted molar refractivity (Wildman–Crippen MR) is 96.8 cm³/mol. The number of hydrazone groups is 1. The van der Waals surface area contributed by atoms with E-state index in [4.69, 9.17) is 0 Å². The van der Waals surface area contributed by atoms with Crippen molar-refractivity contribution >= 4 is 27.3 Å². The molecule has 0 spiro atoms. The lowest BCUT2D eigenvalue weighted by Gasteiger charge is -2.22. The van der Waals surface area contributed by atoms with Gasteiger partial charge in [0.2, 0.25) is 10.0 Å². The van der Waals surface area contributed by atoms with Gasteiger partial charge in [-0.25, -0.2) is 13.8 Å². The second-order valence-corrected chi connectivity index (χ2v) is 8.34. The zero-order chi connectivity index (χ0) is 17.7. The normalized spacial score (nSPS) is 14.8. The number of carbonyl (C=O) groups excluding carboxylic acids is 1. The number of rotatable bonds is 6. The summed E-state index contributed by atoms with van der Waals surface area (Å²) in [5.41, 5.74) is 5.03. The summed E-state index contributed by atoms with van der Waals surface area (Å²) in [6, 6.07) is 7.22. The van der Waals surface area contributed by atoms with Gasteiger partial charge in [-0.15, -0.1) is 0 Å². The molecule has 1 aliphatic carbocycles. The minimum Gasteiger partial charge on any atom is -0.271 e. The Morgan fingerprint density at radius 1 is 1.21 bits per heavy atom. The molecule has 1 aromatic rings. The van der Waals surface area contributed by atoms with Gasteiger partial charge in [0.15, 0.2) is 0 Å². The fourth-order valence-electron chi connectivity index (χ4n) is 2.63. The van der Waals surface area contributed by atoms with Crippen molar-refractivity contribution in [3.05, 3.63) is 29.8 Å². The molecule has 0 atom stereocenters. The van der Waals surface area contributed by atoms with Crippen molar-refractivity contribution in [2.24, 2.45) is 5.10 Å². The molecule has 1 fully saturated rings. The van der Waals surface area contributed by atoms with Gasteiger partial charge in [-0.3, -0.25) is 9.10 Å². The molecule has 0 radical (unpaired) electrons. The number of carbonyl (C=O) groups is 1. The summed E-state index contributed by atoms with van der Waals surface area (Å²) in [6.45, 7) is 3.86. The van der Waals surface area contributed by atoms with Crippen LogP contribution >= 0.6 is 0 Å². The van der Waals surface area contributed by atoms with Crippen molar-refractivity contribution in [2.75, 3.05) is 17.1 Å². The maximum atomic E-state index is 12.1. The predicted octanol–water partition coefficient (Wildman–Crippen LogP) is 2.62. The monoisotopic (exact) mass is 351 g/mol. The van der Waals surface area contributed by atoms with Gasteiger partial charge in [0.05, 0.1) is 11.9 Å². The van der Waals surface area contributed by atoms with Crippen LogP contribution in [-0.2, 0) is 14.8 Å². The minimum absolute atomic E-state index is 0.281. The van der Waals surface area contributed by atoms with Gasteiger partial charge in [0, 0.05) is 5.71 Å². The van der Waals surface area contributed by atoms with Crippen LogP contribution < -0.4 is 9.73 Å². The molecule has 0 saturated heterocycles. The maximum Gasteiger partial charge on any atom is 0.260 e. The first kappa shape index (κ1) is 18.4. The molecule has 0 unspecified atom stereocenters. The molecule has 2 rings (SSSR count). The van der Waals surface area contributed by atoms with Crippen LogP contribution in [0.1, 0.15) is 51.0 Å². The van der Waals surface area contributed by atoms with Crippen molar-refractivity contribution in [3.63, 3.8) is 0 Å². The van der Waals surface area contributed by atoms with Crippen molar-refractivity contribution in [2.45, 2.75) is 45.4 Å². The lowest BCUT2D eigenvalue weighted by Crippen LogP contribution is -2.39. The van der Waals surface area contributed by atoms with E-state index in [9.17, 15) is 13.2 Å². The quantitative estimate of drug-likeness (QED) is 0.800. The van der Waals surface area contributed by atoms with E-state index in [1.807, 2.05) is 12.1 Å². The molecule has 1 aromatic carbocycles. The number of benzene rings is 1. The Hall–Kier alpha value is -1.89. The van der Waals surface area contributed by atoms with Crippen LogP contribution in [0.3, 0.4) is 0 Å². The molecule has 132 valence electrons. The van der Waals surface area contributed by atoms with Crippen molar-refractivity contribution in [1.82, 2.24) is 5.43 Å². The number of anilines is 1. The number of nitrogens with zero attached hydrogens (tertiary/aromatic N) is 2. The second kappa shape index (κ2) is 7.79. The Morgan fingerprint density at radius 2 is 1.79 bits per heavy atom. The standard InChI is InChI=1S/C17H25N3O3S/c1-13(2)14-8-10-16(11-9-14)20(24(3,22)23)12-17(21)19-18-15-6-4-5-7-15/h8-11,13H,4-7,12H2,1-3H3,(H,19,21). The highest BCUT2D eigenvalue weighted by Gasteiger charge is 2.21. The molecule has 0 bridgehead atoms. The first-order chi connectivity index (χ1) is 11.3. The van der Waals surface area contributed by atoms with E-state index in [2.05, 4.69) is 24.4 Å². The van der Waals surface area contributed by atoms with E-state index in [0.717, 1.165) is 47.5 Å². The van der Waals surface area contributed by atoms with Crippen molar-refractivity contribution in [3.8, 4) is 0 Å². The highest BCUT2D eigenvalue weighted by molar-refractivity contribution is 7.92. The van der Waals surface area contributed by atoms with Gasteiger partial charge in [0.1, 0.15) is 6.54 Å². The average molecular weight is 351 g/mol. The van der Waals surface area contributed by atoms with Crippen LogP contribution in [-0.4, -0.2) is 32.8 Å². The van der Waals surface area contributed by atoms with E-state index in [1.54, 1.807) is 12.1 Å². The van der Waals surface area contributed by atoms with Crippen LogP contribution in [0.2, 0.25) is 0 Å². The van der Waals surface area contributed by atoms with E-state index < -0.39 is 15.9 Å². The first-order valence-electron chi connectivity index (χ1n) is 8.19. The summed E-state index contributed by atoms with van der Waals surface area (Å²) in [5.74, 6) is -0.0796. The highest BCUT2D eigenvalue weighted by atomic mass is 32.2. The maximum absolute atomic E-state index is 12.1. The number of amides is 1. The molecule has 0 aliphatic heterocycles. The molecule has 1 aliphatic rings. The Kier molecular flexibility index (Phi) is 5.99. The number of sulfonamides is 1. The lowest BCUT2D eigenvalue weighted by atomic mass is 10.0. The number of hydrogen-bond donors (Lipinski definition) is 1. The summed E-state index contributed by atoms with van der Waals surface area (Å²) >= 11 is 0. The second-order valence-electron chi connectivity index (χ2n) is 6.44. The van der Waals surface area contributed by atoms with Gasteiger partial charge in [-0.2, -0.15) is 5.10 Å². The third-order valence-corrected chi connectivity index (χ3v) is 5.20. The van der Waals surface area contributed by atoms with E-state index in [1.165, 1.54) is 0 Å². The van der Waals surface area contributed by atoms with Gasteiger partial charge < -0.3 is 0 Å². The van der Waals surface area contributed by atoms with Gasteiger partial charge in [-0.05, 0) is 49.3 Å². The summed E-state index contributed by atoms with van der Waals surface area (Å²) in [6.07, 6.45) is 5.07. The fourth-order valence-corrected chi connectivity index (χ4v) is 3.48. The molecule has 1 amide bonds. The Balaban J connectivity index is 2.11. The molecule has 7 heteroatoms. The van der Waals surface area contributed by atoms with E-state index in [0.29, 0.717) is 11.6 Å². The fraction of sp³-hybridized carbons (Fsp3) is 0.529. The smallest absolute Gasteiger partial charge is 0.260 e. The van der Waals surface area contributed by atoms with Crippen molar-refractivity contribution in [1.29, 1.82) is 0 Å². The number of hydrogen-bond acceptors (Lipinski definition) is 4. The molecular weight excluding hydrogens is 326 g/mol. The Morgan fingerprint density at radius 3 is 2.29 bits per heavy atom. The lowest BCUT2D eigenvalue weighted by molar-refractivity contribution is -0.119. The summed E-state index contributed by atoms with van der Waals surface area (Å²) in [7, 11) is -3.56.